The topological polar surface area (TPSA) is 37.3 Å². The number of rotatable bonds is 4. The highest BCUT2D eigenvalue weighted by molar-refractivity contribution is 5.67. The van der Waals surface area contributed by atoms with Crippen LogP contribution in [-0.4, -0.2) is 17.3 Å². The van der Waals surface area contributed by atoms with E-state index in [1.807, 2.05) is 0 Å². The van der Waals surface area contributed by atoms with Crippen LogP contribution >= 0.6 is 0 Å². The molecule has 17 heavy (non-hydrogen) atoms. The fourth-order valence-electron chi connectivity index (χ4n) is 1.75. The number of alkyl halides is 3. The van der Waals surface area contributed by atoms with Crippen molar-refractivity contribution in [3.63, 3.8) is 0 Å². The van der Waals surface area contributed by atoms with Crippen molar-refractivity contribution in [3.05, 3.63) is 35.9 Å². The van der Waals surface area contributed by atoms with Crippen LogP contribution < -0.4 is 0 Å². The normalized spacial score (nSPS) is 15.3. The smallest absolute Gasteiger partial charge is 0.392 e. The van der Waals surface area contributed by atoms with Crippen molar-refractivity contribution in [2.45, 2.75) is 25.4 Å². The molecule has 2 atom stereocenters. The van der Waals surface area contributed by atoms with E-state index in [0.717, 1.165) is 0 Å². The van der Waals surface area contributed by atoms with E-state index in [9.17, 15) is 18.0 Å². The van der Waals surface area contributed by atoms with Gasteiger partial charge in [-0.2, -0.15) is 13.2 Å². The van der Waals surface area contributed by atoms with E-state index in [1.54, 1.807) is 30.3 Å². The van der Waals surface area contributed by atoms with Gasteiger partial charge in [-0.05, 0) is 11.5 Å². The van der Waals surface area contributed by atoms with Crippen LogP contribution in [0.1, 0.15) is 24.8 Å². The van der Waals surface area contributed by atoms with Crippen LogP contribution in [0.4, 0.5) is 13.2 Å². The van der Waals surface area contributed by atoms with Crippen molar-refractivity contribution in [2.75, 3.05) is 0 Å². The van der Waals surface area contributed by atoms with E-state index in [0.29, 0.717) is 5.56 Å². The second-order valence-corrected chi connectivity index (χ2v) is 3.95. The Kier molecular flexibility index (Phi) is 4.15. The number of benzene rings is 1. The number of carboxylic acid groups (broad SMARTS) is 1. The summed E-state index contributed by atoms with van der Waals surface area (Å²) >= 11 is 0. The molecule has 2 unspecified atom stereocenters. The van der Waals surface area contributed by atoms with E-state index in [-0.39, 0.29) is 0 Å². The van der Waals surface area contributed by atoms with Crippen LogP contribution in [0.3, 0.4) is 0 Å². The molecule has 1 aromatic carbocycles. The van der Waals surface area contributed by atoms with Gasteiger partial charge in [0.05, 0.1) is 12.3 Å². The highest BCUT2D eigenvalue weighted by Crippen LogP contribution is 2.39. The van der Waals surface area contributed by atoms with Crippen LogP contribution in [0.15, 0.2) is 30.3 Å². The second-order valence-electron chi connectivity index (χ2n) is 3.95. The van der Waals surface area contributed by atoms with Gasteiger partial charge in [0.15, 0.2) is 0 Å². The van der Waals surface area contributed by atoms with Gasteiger partial charge in [-0.25, -0.2) is 0 Å². The Balaban J connectivity index is 2.95. The van der Waals surface area contributed by atoms with Gasteiger partial charge in [-0.1, -0.05) is 37.3 Å². The molecule has 5 heteroatoms. The third-order valence-corrected chi connectivity index (χ3v) is 2.74. The van der Waals surface area contributed by atoms with E-state index in [4.69, 9.17) is 5.11 Å². The van der Waals surface area contributed by atoms with E-state index >= 15 is 0 Å². The van der Waals surface area contributed by atoms with Gasteiger partial charge in [0.25, 0.3) is 0 Å². The molecule has 0 saturated heterocycles. The highest BCUT2D eigenvalue weighted by Gasteiger charge is 2.44. The number of hydrogen-bond acceptors (Lipinski definition) is 1. The Labute approximate surface area is 97.1 Å². The van der Waals surface area contributed by atoms with Crippen LogP contribution in [0.25, 0.3) is 0 Å². The first-order valence-corrected chi connectivity index (χ1v) is 5.16. The first-order chi connectivity index (χ1) is 7.82. The lowest BCUT2D eigenvalue weighted by Crippen LogP contribution is -2.30. The summed E-state index contributed by atoms with van der Waals surface area (Å²) in [7, 11) is 0. The summed E-state index contributed by atoms with van der Waals surface area (Å²) in [6, 6.07) is 8.13. The zero-order valence-electron chi connectivity index (χ0n) is 9.24. The fourth-order valence-corrected chi connectivity index (χ4v) is 1.75. The van der Waals surface area contributed by atoms with E-state index < -0.39 is 30.4 Å². The number of halogens is 3. The molecule has 0 spiro atoms. The monoisotopic (exact) mass is 246 g/mol. The summed E-state index contributed by atoms with van der Waals surface area (Å²) in [4.78, 5) is 10.5. The predicted molar refractivity (Wildman–Crippen MR) is 56.7 cm³/mol. The average Bonchev–Trinajstić information content (AvgIpc) is 2.24. The van der Waals surface area contributed by atoms with Crippen molar-refractivity contribution < 1.29 is 23.1 Å². The zero-order valence-corrected chi connectivity index (χ0v) is 9.24. The maximum Gasteiger partial charge on any atom is 0.392 e. The molecule has 1 aromatic rings. The molecule has 0 bridgehead atoms. The van der Waals surface area contributed by atoms with Gasteiger partial charge in [-0.15, -0.1) is 0 Å². The van der Waals surface area contributed by atoms with Crippen molar-refractivity contribution in [1.29, 1.82) is 0 Å². The van der Waals surface area contributed by atoms with Crippen molar-refractivity contribution in [3.8, 4) is 0 Å². The largest absolute Gasteiger partial charge is 0.481 e. The van der Waals surface area contributed by atoms with Gasteiger partial charge in [0.1, 0.15) is 0 Å². The Hall–Kier alpha value is -1.52. The third kappa shape index (κ3) is 3.76. The van der Waals surface area contributed by atoms with Crippen LogP contribution in [-0.2, 0) is 4.79 Å². The summed E-state index contributed by atoms with van der Waals surface area (Å²) < 4.78 is 38.3. The van der Waals surface area contributed by atoms with Crippen LogP contribution in [0, 0.1) is 5.92 Å². The van der Waals surface area contributed by atoms with Gasteiger partial charge in [-0.3, -0.25) is 4.79 Å². The van der Waals surface area contributed by atoms with Crippen LogP contribution in [0.5, 0.6) is 0 Å². The molecule has 0 amide bonds. The first-order valence-electron chi connectivity index (χ1n) is 5.16. The number of carboxylic acids is 1. The Morgan fingerprint density at radius 2 is 1.82 bits per heavy atom. The number of aliphatic carboxylic acids is 1. The summed E-state index contributed by atoms with van der Waals surface area (Å²) in [6.07, 6.45) is -5.41. The van der Waals surface area contributed by atoms with Crippen molar-refractivity contribution in [2.24, 2.45) is 5.92 Å². The molecule has 0 aromatic heterocycles. The molecule has 1 rings (SSSR count). The summed E-state index contributed by atoms with van der Waals surface area (Å²) in [5.74, 6) is -4.16. The van der Waals surface area contributed by atoms with Gasteiger partial charge in [0.2, 0.25) is 0 Å². The highest BCUT2D eigenvalue weighted by atomic mass is 19.4. The van der Waals surface area contributed by atoms with E-state index in [1.165, 1.54) is 6.92 Å². The fraction of sp³-hybridized carbons (Fsp3) is 0.417. The molecule has 0 fully saturated rings. The third-order valence-electron chi connectivity index (χ3n) is 2.74. The first kappa shape index (κ1) is 13.5. The van der Waals surface area contributed by atoms with Gasteiger partial charge >= 0.3 is 12.1 Å². The molecule has 0 saturated carbocycles. The quantitative estimate of drug-likeness (QED) is 0.883. The molecule has 0 radical (unpaired) electrons. The van der Waals surface area contributed by atoms with Crippen molar-refractivity contribution in [1.82, 2.24) is 0 Å². The minimum Gasteiger partial charge on any atom is -0.481 e. The van der Waals surface area contributed by atoms with Crippen LogP contribution in [0.2, 0.25) is 0 Å². The lowest BCUT2D eigenvalue weighted by Gasteiger charge is -2.25. The molecule has 0 aliphatic rings. The predicted octanol–water partition coefficient (Wildman–Crippen LogP) is 3.44. The molecule has 0 aliphatic carbocycles. The molecular formula is C12H13F3O2. The maximum absolute atomic E-state index is 12.8. The minimum absolute atomic E-state index is 0.496. The summed E-state index contributed by atoms with van der Waals surface area (Å²) in [6.45, 7) is 1.40. The number of carbonyl (C=O) groups is 1. The van der Waals surface area contributed by atoms with Gasteiger partial charge < -0.3 is 5.11 Å². The Bertz CT molecular complexity index is 373. The molecule has 1 N–H and O–H groups in total. The molecule has 0 aliphatic heterocycles. The molecule has 2 nitrogen and oxygen atoms in total. The summed E-state index contributed by atoms with van der Waals surface area (Å²) in [5.41, 5.74) is 0.496. The van der Waals surface area contributed by atoms with Gasteiger partial charge in [0, 0.05) is 0 Å². The standard InChI is InChI=1S/C12H13F3O2/c1-8(9-5-3-2-4-6-9)10(7-11(16)17)12(13,14)15/h2-6,8,10H,7H2,1H3,(H,16,17). The second kappa shape index (κ2) is 5.21. The Morgan fingerprint density at radius 3 is 2.24 bits per heavy atom. The Morgan fingerprint density at radius 1 is 1.29 bits per heavy atom. The molecule has 0 heterocycles. The lowest BCUT2D eigenvalue weighted by molar-refractivity contribution is -0.187. The summed E-state index contributed by atoms with van der Waals surface area (Å²) in [5, 5.41) is 8.54. The maximum atomic E-state index is 12.8. The molecular weight excluding hydrogens is 233 g/mol. The minimum atomic E-state index is -4.51. The van der Waals surface area contributed by atoms with Crippen molar-refractivity contribution >= 4 is 5.97 Å². The average molecular weight is 246 g/mol. The SMILES string of the molecule is CC(c1ccccc1)C(CC(=O)O)C(F)(F)F. The van der Waals surface area contributed by atoms with E-state index in [2.05, 4.69) is 0 Å². The number of hydrogen-bond donors (Lipinski definition) is 1. The zero-order chi connectivity index (χ0) is 13.1. The lowest BCUT2D eigenvalue weighted by atomic mass is 9.85. The molecule has 94 valence electrons.